The van der Waals surface area contributed by atoms with E-state index in [2.05, 4.69) is 73.5 Å². The maximum absolute atomic E-state index is 12.7. The van der Waals surface area contributed by atoms with Crippen molar-refractivity contribution in [2.75, 3.05) is 5.75 Å². The molecule has 7 aromatic rings. The van der Waals surface area contributed by atoms with E-state index in [4.69, 9.17) is 15.6 Å². The van der Waals surface area contributed by atoms with Crippen LogP contribution in [0.2, 0.25) is 0 Å². The van der Waals surface area contributed by atoms with Crippen molar-refractivity contribution in [3.8, 4) is 54.4 Å². The van der Waals surface area contributed by atoms with Gasteiger partial charge in [0.25, 0.3) is 0 Å². The molecule has 21 heteroatoms. The molecule has 0 bridgehead atoms. The van der Waals surface area contributed by atoms with Gasteiger partial charge < -0.3 is 30.9 Å². The molecule has 0 aliphatic rings. The van der Waals surface area contributed by atoms with Gasteiger partial charge in [-0.25, -0.2) is 19.4 Å². The fourth-order valence-electron chi connectivity index (χ4n) is 5.43. The van der Waals surface area contributed by atoms with Gasteiger partial charge in [0, 0.05) is 44.5 Å². The Hall–Kier alpha value is -5.82. The van der Waals surface area contributed by atoms with Gasteiger partial charge in [-0.2, -0.15) is 18.3 Å². The van der Waals surface area contributed by atoms with Crippen LogP contribution >= 0.6 is 46.7 Å². The van der Waals surface area contributed by atoms with Gasteiger partial charge >= 0.3 is 43.6 Å². The van der Waals surface area contributed by atoms with Crippen molar-refractivity contribution in [2.24, 2.45) is 0 Å². The zero-order valence-electron chi connectivity index (χ0n) is 32.6. The van der Waals surface area contributed by atoms with Crippen LogP contribution < -0.4 is 5.10 Å². The van der Waals surface area contributed by atoms with Crippen molar-refractivity contribution >= 4 is 69.7 Å². The predicted molar refractivity (Wildman–Crippen MR) is 235 cm³/mol. The first-order chi connectivity index (χ1) is 29.7. The van der Waals surface area contributed by atoms with E-state index in [9.17, 15) is 32.7 Å². The number of thiocarbonyl (C=S) groups is 1. The summed E-state index contributed by atoms with van der Waals surface area (Å²) in [6.07, 6.45) is 4.82. The van der Waals surface area contributed by atoms with E-state index < -0.39 is 29.8 Å². The standard InChI is InChI=1S/C23H21F3N3S3.C18H11N3O6.CNS.Ru/c1-2-3-4-5-12-30-22-11-10-20(32-22)19-9-8-18(31-19)15-6-7-16(27-14-15)17-13-21(29-28-17)23(24,25)26;22-16(23)9-1-3-19-12(5-9)14-7-11(18(26)27)8-15(21-14)13-6-10(17(24)25)2-4-20-13;2-1-3;/h6-11,13-14H,2-5,12H2,1H3;1-8H,(H,22,23)(H,24,25)(H,26,27);;/q-1;;-1;+2. The molecule has 3 N–H and O–H groups in total. The minimum absolute atomic E-state index is 0. The Morgan fingerprint density at radius 2 is 1.29 bits per heavy atom. The molecule has 7 aromatic heterocycles. The zero-order chi connectivity index (χ0) is 44.8. The normalized spacial score (nSPS) is 10.6. The number of alkyl halides is 3. The maximum Gasteiger partial charge on any atom is 2.00 e. The van der Waals surface area contributed by atoms with Gasteiger partial charge in [-0.15, -0.1) is 34.4 Å². The summed E-state index contributed by atoms with van der Waals surface area (Å²) in [7, 11) is 0. The average molecular weight is 1020 g/mol. The van der Waals surface area contributed by atoms with Crippen molar-refractivity contribution in [3.63, 3.8) is 0 Å². The van der Waals surface area contributed by atoms with Crippen LogP contribution in [0.15, 0.2) is 102 Å². The number of carboxylic acid groups (broad SMARTS) is 3. The fourth-order valence-corrected chi connectivity index (χ4v) is 8.72. The Morgan fingerprint density at radius 1 is 0.730 bits per heavy atom. The van der Waals surface area contributed by atoms with Crippen LogP contribution in [0.1, 0.15) is 69.4 Å². The van der Waals surface area contributed by atoms with Crippen LogP contribution in [0.3, 0.4) is 0 Å². The molecule has 7 rings (SSSR count). The predicted octanol–water partition coefficient (Wildman–Crippen LogP) is 11.2. The Kier molecular flexibility index (Phi) is 18.7. The molecule has 0 radical (unpaired) electrons. The minimum Gasteiger partial charge on any atom is -0.753 e. The minimum atomic E-state index is -4.51. The Bertz CT molecular complexity index is 2630. The van der Waals surface area contributed by atoms with Gasteiger partial charge in [-0.3, -0.25) is 15.0 Å². The fraction of sp³-hybridized carbons (Fsp3) is 0.167. The smallest absolute Gasteiger partial charge is 0.753 e. The zero-order valence-corrected chi connectivity index (χ0v) is 37.6. The number of unbranched alkanes of at least 4 members (excludes halogenated alkanes) is 3. The first-order valence-electron chi connectivity index (χ1n) is 18.2. The van der Waals surface area contributed by atoms with E-state index in [1.807, 2.05) is 29.2 Å². The van der Waals surface area contributed by atoms with Crippen molar-refractivity contribution in [1.82, 2.24) is 30.1 Å². The largest absolute Gasteiger partial charge is 2.00 e. The van der Waals surface area contributed by atoms with Crippen LogP contribution in [-0.2, 0) is 25.7 Å². The van der Waals surface area contributed by atoms with E-state index in [1.165, 1.54) is 93.6 Å². The summed E-state index contributed by atoms with van der Waals surface area (Å²) in [5.74, 6) is -2.40. The quantitative estimate of drug-likeness (QED) is 0.0304. The third-order valence-corrected chi connectivity index (χ3v) is 12.2. The number of isothiocyanates is 1. The number of thiophene rings is 2. The molecule has 0 fully saturated rings. The summed E-state index contributed by atoms with van der Waals surface area (Å²) in [6.45, 7) is 2.23. The van der Waals surface area contributed by atoms with E-state index in [1.54, 1.807) is 23.6 Å². The summed E-state index contributed by atoms with van der Waals surface area (Å²) in [4.78, 5) is 53.9. The molecule has 0 saturated heterocycles. The number of carbonyl (C=O) groups is 3. The first kappa shape index (κ1) is 49.8. The number of halogens is 3. The maximum atomic E-state index is 12.7. The number of aromatic carboxylic acids is 3. The number of thioether (sulfide) groups is 1. The number of hydrogen-bond donors (Lipinski definition) is 3. The van der Waals surface area contributed by atoms with Crippen LogP contribution in [0.4, 0.5) is 13.2 Å². The second-order valence-electron chi connectivity index (χ2n) is 12.7. The molecule has 0 saturated carbocycles. The molecule has 0 aromatic carbocycles. The second-order valence-corrected chi connectivity index (χ2v) is 16.5. The monoisotopic (exact) mass is 1020 g/mol. The van der Waals surface area contributed by atoms with Gasteiger partial charge in [0.05, 0.1) is 43.7 Å². The van der Waals surface area contributed by atoms with Gasteiger partial charge in [0.15, 0.2) is 0 Å². The van der Waals surface area contributed by atoms with Gasteiger partial charge in [0.2, 0.25) is 0 Å². The van der Waals surface area contributed by atoms with Crippen LogP contribution in [0.25, 0.3) is 59.8 Å². The number of rotatable bonds is 14. The third-order valence-electron chi connectivity index (χ3n) is 8.42. The molecule has 324 valence electrons. The topological polar surface area (TPSA) is 213 Å². The molecular weight excluding hydrogens is 985 g/mol. The molecular formula is C42H32F3N7O6RuS4. The summed E-state index contributed by atoms with van der Waals surface area (Å²) in [5.41, 5.74) is 0.776. The molecule has 0 unspecified atom stereocenters. The number of aromatic nitrogens is 6. The molecule has 0 atom stereocenters. The van der Waals surface area contributed by atoms with E-state index in [0.717, 1.165) is 22.3 Å². The third kappa shape index (κ3) is 14.1. The van der Waals surface area contributed by atoms with Crippen LogP contribution in [0.5, 0.6) is 0 Å². The van der Waals surface area contributed by atoms with Crippen molar-refractivity contribution in [3.05, 3.63) is 125 Å². The number of carboxylic acids is 3. The summed E-state index contributed by atoms with van der Waals surface area (Å²) in [6, 6.07) is 20.6. The second kappa shape index (κ2) is 23.6. The first-order valence-corrected chi connectivity index (χ1v) is 21.3. The molecule has 0 amide bonds. The summed E-state index contributed by atoms with van der Waals surface area (Å²) < 4.78 is 39.5. The van der Waals surface area contributed by atoms with Crippen LogP contribution in [-0.4, -0.2) is 69.2 Å². The van der Waals surface area contributed by atoms with E-state index in [-0.39, 0.29) is 64.6 Å². The van der Waals surface area contributed by atoms with Crippen molar-refractivity contribution < 1.29 is 62.4 Å². The van der Waals surface area contributed by atoms with Crippen molar-refractivity contribution in [2.45, 2.75) is 43.0 Å². The van der Waals surface area contributed by atoms with Gasteiger partial charge in [-0.1, -0.05) is 44.1 Å². The molecule has 0 spiro atoms. The average Bonchev–Trinajstić information content (AvgIpc) is 4.07. The molecule has 0 aliphatic carbocycles. The van der Waals surface area contributed by atoms with Crippen molar-refractivity contribution in [1.29, 1.82) is 0 Å². The molecule has 7 heterocycles. The summed E-state index contributed by atoms with van der Waals surface area (Å²) >= 11 is 9.12. The number of pyridine rings is 4. The molecule has 13 nitrogen and oxygen atoms in total. The summed E-state index contributed by atoms with van der Waals surface area (Å²) in [5, 5.41) is 42.8. The molecule has 0 aliphatic heterocycles. The Morgan fingerprint density at radius 3 is 1.81 bits per heavy atom. The number of hydrogen-bond acceptors (Lipinski definition) is 12. The number of nitrogens with zero attached hydrogens (tertiary/aromatic N) is 7. The molecule has 63 heavy (non-hydrogen) atoms. The van der Waals surface area contributed by atoms with Gasteiger partial charge in [0.1, 0.15) is 5.69 Å². The Labute approximate surface area is 388 Å². The van der Waals surface area contributed by atoms with Crippen LogP contribution in [0, 0.1) is 0 Å². The SMILES string of the molecule is CCCCCCSc1ccc(-c2ccc(-c3ccc(-c4cc(C(F)(F)F)n[n-]4)nc3)s2)s1.O=C(O)c1ccnc(-c2cc(C(=O)O)cc(-c3cc(C(=O)O)ccn3)n2)c1.[N-]=C=S.[Ru+2]. The van der Waals surface area contributed by atoms with E-state index in [0.29, 0.717) is 5.69 Å². The Balaban J connectivity index is 0.000000260. The van der Waals surface area contributed by atoms with Gasteiger partial charge in [-0.05, 0) is 91.0 Å². The van der Waals surface area contributed by atoms with E-state index >= 15 is 0 Å².